The molecule has 0 saturated heterocycles. The Hall–Kier alpha value is -4.26. The summed E-state index contributed by atoms with van der Waals surface area (Å²) in [6.07, 6.45) is 3.11. The molecule has 0 amide bonds. The number of hydrogen-bond donors (Lipinski definition) is 0. The van der Waals surface area contributed by atoms with Crippen LogP contribution in [0.5, 0.6) is 11.5 Å². The van der Waals surface area contributed by atoms with E-state index in [4.69, 9.17) is 9.47 Å². The molecule has 0 saturated carbocycles. The van der Waals surface area contributed by atoms with Gasteiger partial charge in [-0.05, 0) is 42.8 Å². The van der Waals surface area contributed by atoms with Gasteiger partial charge in [0.25, 0.3) is 5.69 Å². The fourth-order valence-electron chi connectivity index (χ4n) is 2.74. The van der Waals surface area contributed by atoms with Crippen molar-refractivity contribution in [3.8, 4) is 11.5 Å². The lowest BCUT2D eigenvalue weighted by molar-refractivity contribution is -0.384. The van der Waals surface area contributed by atoms with Gasteiger partial charge in [0.2, 0.25) is 0 Å². The summed E-state index contributed by atoms with van der Waals surface area (Å²) in [6.45, 7) is 1.95. The Kier molecular flexibility index (Phi) is 6.57. The quantitative estimate of drug-likeness (QED) is 0.134. The highest BCUT2D eigenvalue weighted by Gasteiger charge is 2.14. The van der Waals surface area contributed by atoms with E-state index in [1.165, 1.54) is 37.5 Å². The minimum Gasteiger partial charge on any atom is -0.493 e. The number of rotatable bonds is 7. The lowest BCUT2D eigenvalue weighted by atomic mass is 10.1. The van der Waals surface area contributed by atoms with Crippen molar-refractivity contribution in [2.24, 2.45) is 0 Å². The lowest BCUT2D eigenvalue weighted by Crippen LogP contribution is -2.09. The third-order valence-corrected chi connectivity index (χ3v) is 4.47. The summed E-state index contributed by atoms with van der Waals surface area (Å²) in [5.74, 6) is -0.313. The number of nitro benzene ring substituents is 1. The SMILES string of the molecule is COc1cc(C=CC(=O)c2ccc(C)cc2)ccc1OC(=O)c1ccc([N+](=O)[O-])cc1. The van der Waals surface area contributed by atoms with E-state index in [1.807, 2.05) is 19.1 Å². The first kappa shape index (κ1) is 21.4. The molecule has 3 rings (SSSR count). The number of non-ortho nitro benzene ring substituents is 1. The monoisotopic (exact) mass is 417 g/mol. The first-order chi connectivity index (χ1) is 14.9. The minimum absolute atomic E-state index is 0.120. The van der Waals surface area contributed by atoms with Gasteiger partial charge < -0.3 is 9.47 Å². The number of ether oxygens (including phenoxy) is 2. The Morgan fingerprint density at radius 2 is 1.55 bits per heavy atom. The molecule has 0 aromatic heterocycles. The molecule has 0 heterocycles. The van der Waals surface area contributed by atoms with E-state index in [-0.39, 0.29) is 22.8 Å². The van der Waals surface area contributed by atoms with Crippen LogP contribution in [0, 0.1) is 17.0 Å². The highest BCUT2D eigenvalue weighted by molar-refractivity contribution is 6.06. The molecule has 7 nitrogen and oxygen atoms in total. The number of carbonyl (C=O) groups excluding carboxylic acids is 2. The zero-order chi connectivity index (χ0) is 22.4. The number of nitrogens with zero attached hydrogens (tertiary/aromatic N) is 1. The van der Waals surface area contributed by atoms with Crippen LogP contribution in [0.2, 0.25) is 0 Å². The second-order valence-corrected chi connectivity index (χ2v) is 6.67. The molecule has 0 unspecified atom stereocenters. The maximum Gasteiger partial charge on any atom is 0.343 e. The first-order valence-corrected chi connectivity index (χ1v) is 9.31. The topological polar surface area (TPSA) is 95.7 Å². The van der Waals surface area contributed by atoms with Gasteiger partial charge in [0.1, 0.15) is 0 Å². The van der Waals surface area contributed by atoms with E-state index < -0.39 is 10.9 Å². The molecule has 0 aliphatic heterocycles. The third-order valence-electron chi connectivity index (χ3n) is 4.47. The molecular weight excluding hydrogens is 398 g/mol. The Balaban J connectivity index is 1.73. The van der Waals surface area contributed by atoms with E-state index in [0.717, 1.165) is 5.56 Å². The molecule has 0 spiro atoms. The number of esters is 1. The predicted molar refractivity (Wildman–Crippen MR) is 116 cm³/mol. The number of hydrogen-bond acceptors (Lipinski definition) is 6. The van der Waals surface area contributed by atoms with Crippen LogP contribution in [0.3, 0.4) is 0 Å². The summed E-state index contributed by atoms with van der Waals surface area (Å²) in [5.41, 5.74) is 2.39. The van der Waals surface area contributed by atoms with E-state index in [1.54, 1.807) is 36.4 Å². The molecule has 0 aliphatic carbocycles. The maximum absolute atomic E-state index is 12.3. The number of ketones is 1. The zero-order valence-electron chi connectivity index (χ0n) is 16.9. The largest absolute Gasteiger partial charge is 0.493 e. The highest BCUT2D eigenvalue weighted by atomic mass is 16.6. The Morgan fingerprint density at radius 3 is 2.16 bits per heavy atom. The summed E-state index contributed by atoms with van der Waals surface area (Å²) in [5, 5.41) is 10.7. The Bertz CT molecular complexity index is 1150. The van der Waals surface area contributed by atoms with Crippen LogP contribution in [-0.4, -0.2) is 23.8 Å². The summed E-state index contributed by atoms with van der Waals surface area (Å²) in [7, 11) is 1.43. The van der Waals surface area contributed by atoms with Gasteiger partial charge in [-0.25, -0.2) is 4.79 Å². The summed E-state index contributed by atoms with van der Waals surface area (Å²) in [4.78, 5) is 34.8. The molecule has 7 heteroatoms. The van der Waals surface area contributed by atoms with Gasteiger partial charge in [-0.15, -0.1) is 0 Å². The van der Waals surface area contributed by atoms with Crippen LogP contribution in [-0.2, 0) is 0 Å². The molecule has 0 atom stereocenters. The second kappa shape index (κ2) is 9.49. The molecule has 0 bridgehead atoms. The minimum atomic E-state index is -0.675. The Morgan fingerprint density at radius 1 is 0.903 bits per heavy atom. The van der Waals surface area contributed by atoms with E-state index in [0.29, 0.717) is 16.9 Å². The van der Waals surface area contributed by atoms with Crippen molar-refractivity contribution >= 4 is 23.5 Å². The summed E-state index contributed by atoms with van der Waals surface area (Å²) in [6, 6.07) is 17.2. The molecule has 0 N–H and O–H groups in total. The zero-order valence-corrected chi connectivity index (χ0v) is 16.9. The van der Waals surface area contributed by atoms with Gasteiger partial charge in [-0.3, -0.25) is 14.9 Å². The van der Waals surface area contributed by atoms with E-state index in [2.05, 4.69) is 0 Å². The van der Waals surface area contributed by atoms with Crippen LogP contribution >= 0.6 is 0 Å². The van der Waals surface area contributed by atoms with Gasteiger partial charge in [0.05, 0.1) is 17.6 Å². The van der Waals surface area contributed by atoms with Gasteiger partial charge in [-0.2, -0.15) is 0 Å². The molecule has 0 radical (unpaired) electrons. The molecular formula is C24H19NO6. The van der Waals surface area contributed by atoms with Gasteiger partial charge in [0, 0.05) is 17.7 Å². The maximum atomic E-state index is 12.3. The highest BCUT2D eigenvalue weighted by Crippen LogP contribution is 2.29. The average molecular weight is 417 g/mol. The smallest absolute Gasteiger partial charge is 0.343 e. The van der Waals surface area contributed by atoms with Gasteiger partial charge in [0.15, 0.2) is 17.3 Å². The lowest BCUT2D eigenvalue weighted by Gasteiger charge is -2.10. The molecule has 31 heavy (non-hydrogen) atoms. The van der Waals surface area contributed by atoms with Crippen LogP contribution in [0.25, 0.3) is 6.08 Å². The number of benzene rings is 3. The van der Waals surface area contributed by atoms with Crippen LogP contribution in [0.1, 0.15) is 31.8 Å². The number of aryl methyl sites for hydroxylation is 1. The van der Waals surface area contributed by atoms with Crippen molar-refractivity contribution < 1.29 is 24.0 Å². The first-order valence-electron chi connectivity index (χ1n) is 9.31. The second-order valence-electron chi connectivity index (χ2n) is 6.67. The fourth-order valence-corrected chi connectivity index (χ4v) is 2.74. The number of methoxy groups -OCH3 is 1. The number of carbonyl (C=O) groups is 2. The number of allylic oxidation sites excluding steroid dienone is 1. The van der Waals surface area contributed by atoms with Crippen LogP contribution in [0.15, 0.2) is 72.8 Å². The van der Waals surface area contributed by atoms with E-state index in [9.17, 15) is 19.7 Å². The van der Waals surface area contributed by atoms with Crippen molar-refractivity contribution in [2.45, 2.75) is 6.92 Å². The van der Waals surface area contributed by atoms with Crippen LogP contribution < -0.4 is 9.47 Å². The average Bonchev–Trinajstić information content (AvgIpc) is 2.78. The standard InChI is InChI=1S/C24H19NO6/c1-16-3-7-18(8-4-16)21(26)13-5-17-6-14-22(23(15-17)30-2)31-24(27)19-9-11-20(12-10-19)25(28)29/h3-15H,1-2H3. The van der Waals surface area contributed by atoms with Gasteiger partial charge in [-0.1, -0.05) is 42.0 Å². The Labute approximate surface area is 178 Å². The van der Waals surface area contributed by atoms with Crippen molar-refractivity contribution in [3.63, 3.8) is 0 Å². The van der Waals surface area contributed by atoms with E-state index >= 15 is 0 Å². The molecule has 0 aliphatic rings. The predicted octanol–water partition coefficient (Wildman–Crippen LogP) is 5.03. The molecule has 3 aromatic rings. The molecule has 156 valence electrons. The third kappa shape index (κ3) is 5.42. The number of nitro groups is 1. The van der Waals surface area contributed by atoms with Crippen molar-refractivity contribution in [1.29, 1.82) is 0 Å². The van der Waals surface area contributed by atoms with Crippen LogP contribution in [0.4, 0.5) is 5.69 Å². The fraction of sp³-hybridized carbons (Fsp3) is 0.0833. The molecule has 0 fully saturated rings. The van der Waals surface area contributed by atoms with Gasteiger partial charge >= 0.3 is 5.97 Å². The van der Waals surface area contributed by atoms with Crippen molar-refractivity contribution in [1.82, 2.24) is 0 Å². The van der Waals surface area contributed by atoms with Crippen molar-refractivity contribution in [2.75, 3.05) is 7.11 Å². The normalized spacial score (nSPS) is 10.6. The summed E-state index contributed by atoms with van der Waals surface area (Å²) >= 11 is 0. The summed E-state index contributed by atoms with van der Waals surface area (Å²) < 4.78 is 10.7. The van der Waals surface area contributed by atoms with Crippen molar-refractivity contribution in [3.05, 3.63) is 105 Å². The molecule has 3 aromatic carbocycles.